The molecule has 0 unspecified atom stereocenters. The topological polar surface area (TPSA) is 83.1 Å². The number of aliphatic imine (C=N–C) groups is 1. The second kappa shape index (κ2) is 6.76. The van der Waals surface area contributed by atoms with E-state index < -0.39 is 5.97 Å². The van der Waals surface area contributed by atoms with Crippen molar-refractivity contribution in [2.45, 2.75) is 6.92 Å². The number of rotatable bonds is 4. The largest absolute Gasteiger partial charge is 0.478 e. The number of hydrogen-bond acceptors (Lipinski definition) is 5. The molecule has 2 heterocycles. The SMILES string of the molecule is CCN1C(=O)/C(=C/c2ccco2)SC1=Nc1cccc(C(=O)O)c1. The molecule has 122 valence electrons. The van der Waals surface area contributed by atoms with Gasteiger partial charge in [0.15, 0.2) is 5.17 Å². The molecule has 7 heteroatoms. The third-order valence-corrected chi connectivity index (χ3v) is 4.35. The van der Waals surface area contributed by atoms with Crippen LogP contribution in [0.3, 0.4) is 0 Å². The average Bonchev–Trinajstić information content (AvgIpc) is 3.17. The number of amides is 1. The number of likely N-dealkylation sites (N-methyl/N-ethyl adjacent to an activating group) is 1. The number of nitrogens with zero attached hydrogens (tertiary/aromatic N) is 2. The molecule has 6 nitrogen and oxygen atoms in total. The average molecular weight is 342 g/mol. The monoisotopic (exact) mass is 342 g/mol. The molecular weight excluding hydrogens is 328 g/mol. The van der Waals surface area contributed by atoms with E-state index in [9.17, 15) is 9.59 Å². The van der Waals surface area contributed by atoms with E-state index in [4.69, 9.17) is 9.52 Å². The molecule has 0 atom stereocenters. The maximum absolute atomic E-state index is 12.5. The molecular formula is C17H14N2O4S. The van der Waals surface area contributed by atoms with Gasteiger partial charge in [0.1, 0.15) is 5.76 Å². The molecule has 1 aromatic carbocycles. The van der Waals surface area contributed by atoms with E-state index >= 15 is 0 Å². The van der Waals surface area contributed by atoms with E-state index in [-0.39, 0.29) is 11.5 Å². The molecule has 0 aliphatic carbocycles. The number of carboxylic acids is 1. The van der Waals surface area contributed by atoms with Crippen molar-refractivity contribution in [3.05, 3.63) is 58.9 Å². The molecule has 1 N–H and O–H groups in total. The van der Waals surface area contributed by atoms with Gasteiger partial charge >= 0.3 is 5.97 Å². The fraction of sp³-hybridized carbons (Fsp3) is 0.118. The van der Waals surface area contributed by atoms with Crippen LogP contribution in [0.4, 0.5) is 5.69 Å². The van der Waals surface area contributed by atoms with Crippen molar-refractivity contribution in [1.82, 2.24) is 4.90 Å². The van der Waals surface area contributed by atoms with Crippen LogP contribution in [0.15, 0.2) is 57.0 Å². The van der Waals surface area contributed by atoms with Crippen LogP contribution in [0.2, 0.25) is 0 Å². The molecule has 1 amide bonds. The number of carboxylic acid groups (broad SMARTS) is 1. The molecule has 2 aromatic rings. The van der Waals surface area contributed by atoms with Crippen molar-refractivity contribution >= 4 is 40.6 Å². The van der Waals surface area contributed by atoms with Crippen LogP contribution >= 0.6 is 11.8 Å². The highest BCUT2D eigenvalue weighted by Gasteiger charge is 2.32. The Morgan fingerprint density at radius 3 is 2.88 bits per heavy atom. The number of hydrogen-bond donors (Lipinski definition) is 1. The highest BCUT2D eigenvalue weighted by molar-refractivity contribution is 8.18. The van der Waals surface area contributed by atoms with Crippen molar-refractivity contribution in [2.75, 3.05) is 6.54 Å². The summed E-state index contributed by atoms with van der Waals surface area (Å²) in [4.78, 5) is 30.0. The van der Waals surface area contributed by atoms with Gasteiger partial charge in [0, 0.05) is 12.6 Å². The van der Waals surface area contributed by atoms with Crippen LogP contribution in [0.25, 0.3) is 6.08 Å². The minimum absolute atomic E-state index is 0.146. The summed E-state index contributed by atoms with van der Waals surface area (Å²) in [5.41, 5.74) is 0.642. The Hall–Kier alpha value is -2.80. The molecule has 1 aliphatic rings. The second-order valence-corrected chi connectivity index (χ2v) is 5.93. The smallest absolute Gasteiger partial charge is 0.335 e. The number of carbonyl (C=O) groups is 2. The Morgan fingerprint density at radius 1 is 1.38 bits per heavy atom. The number of benzene rings is 1. The molecule has 24 heavy (non-hydrogen) atoms. The lowest BCUT2D eigenvalue weighted by Gasteiger charge is -2.12. The van der Waals surface area contributed by atoms with Crippen molar-refractivity contribution in [3.63, 3.8) is 0 Å². The van der Waals surface area contributed by atoms with Crippen LogP contribution in [0.5, 0.6) is 0 Å². The van der Waals surface area contributed by atoms with E-state index in [1.807, 2.05) is 6.92 Å². The zero-order valence-electron chi connectivity index (χ0n) is 12.8. The maximum Gasteiger partial charge on any atom is 0.335 e. The molecule has 0 radical (unpaired) electrons. The van der Waals surface area contributed by atoms with Gasteiger partial charge in [0.05, 0.1) is 22.4 Å². The highest BCUT2D eigenvalue weighted by atomic mass is 32.2. The Kier molecular flexibility index (Phi) is 4.52. The molecule has 1 aromatic heterocycles. The Morgan fingerprint density at radius 2 is 2.21 bits per heavy atom. The number of carbonyl (C=O) groups excluding carboxylic acids is 1. The minimum Gasteiger partial charge on any atom is -0.478 e. The molecule has 1 aliphatic heterocycles. The lowest BCUT2D eigenvalue weighted by atomic mass is 10.2. The predicted octanol–water partition coefficient (Wildman–Crippen LogP) is 3.60. The first kappa shape index (κ1) is 16.1. The summed E-state index contributed by atoms with van der Waals surface area (Å²) in [5, 5.41) is 9.57. The molecule has 0 saturated carbocycles. The first-order chi connectivity index (χ1) is 11.6. The van der Waals surface area contributed by atoms with Gasteiger partial charge in [-0.25, -0.2) is 9.79 Å². The van der Waals surface area contributed by atoms with Gasteiger partial charge < -0.3 is 9.52 Å². The highest BCUT2D eigenvalue weighted by Crippen LogP contribution is 2.34. The van der Waals surface area contributed by atoms with Crippen LogP contribution in [-0.4, -0.2) is 33.6 Å². The minimum atomic E-state index is -1.02. The summed E-state index contributed by atoms with van der Waals surface area (Å²) in [5.74, 6) is -0.568. The third-order valence-electron chi connectivity index (χ3n) is 3.34. The maximum atomic E-state index is 12.5. The Bertz CT molecular complexity index is 840. The number of amidine groups is 1. The summed E-state index contributed by atoms with van der Waals surface area (Å²) in [6.45, 7) is 2.33. The lowest BCUT2D eigenvalue weighted by Crippen LogP contribution is -2.28. The van der Waals surface area contributed by atoms with Crippen molar-refractivity contribution in [1.29, 1.82) is 0 Å². The van der Waals surface area contributed by atoms with Crippen LogP contribution in [0.1, 0.15) is 23.0 Å². The van der Waals surface area contributed by atoms with E-state index in [2.05, 4.69) is 4.99 Å². The van der Waals surface area contributed by atoms with Crippen molar-refractivity contribution in [2.24, 2.45) is 4.99 Å². The van der Waals surface area contributed by atoms with E-state index in [1.165, 1.54) is 23.9 Å². The zero-order chi connectivity index (χ0) is 17.1. The number of furan rings is 1. The van der Waals surface area contributed by atoms with Crippen molar-refractivity contribution in [3.8, 4) is 0 Å². The van der Waals surface area contributed by atoms with Gasteiger partial charge in [-0.1, -0.05) is 6.07 Å². The predicted molar refractivity (Wildman–Crippen MR) is 92.2 cm³/mol. The molecule has 1 saturated heterocycles. The summed E-state index contributed by atoms with van der Waals surface area (Å²) in [6, 6.07) is 9.82. The number of aromatic carboxylic acids is 1. The summed E-state index contributed by atoms with van der Waals surface area (Å²) in [7, 11) is 0. The van der Waals surface area contributed by atoms with Gasteiger partial charge in [-0.2, -0.15) is 0 Å². The number of thioether (sulfide) groups is 1. The fourth-order valence-electron chi connectivity index (χ4n) is 2.19. The van der Waals surface area contributed by atoms with E-state index in [0.29, 0.717) is 28.1 Å². The van der Waals surface area contributed by atoms with Crippen LogP contribution in [0, 0.1) is 0 Å². The first-order valence-electron chi connectivity index (χ1n) is 7.25. The molecule has 3 rings (SSSR count). The summed E-state index contributed by atoms with van der Waals surface area (Å²) >= 11 is 1.24. The van der Waals surface area contributed by atoms with E-state index in [0.717, 1.165) is 0 Å². The van der Waals surface area contributed by atoms with Crippen LogP contribution < -0.4 is 0 Å². The Labute approximate surface area is 142 Å². The van der Waals surface area contributed by atoms with Gasteiger partial charge in [-0.15, -0.1) is 0 Å². The first-order valence-corrected chi connectivity index (χ1v) is 8.07. The summed E-state index contributed by atoms with van der Waals surface area (Å²) < 4.78 is 5.24. The summed E-state index contributed by atoms with van der Waals surface area (Å²) in [6.07, 6.45) is 3.21. The third kappa shape index (κ3) is 3.26. The van der Waals surface area contributed by atoms with Gasteiger partial charge in [-0.05, 0) is 49.0 Å². The standard InChI is InChI=1S/C17H14N2O4S/c1-2-19-15(20)14(10-13-7-4-8-23-13)24-17(19)18-12-6-3-5-11(9-12)16(21)22/h3-10H,2H2,1H3,(H,21,22)/b14-10-,18-17?. The molecule has 1 fully saturated rings. The lowest BCUT2D eigenvalue weighted by molar-refractivity contribution is -0.122. The molecule has 0 spiro atoms. The van der Waals surface area contributed by atoms with Gasteiger partial charge in [-0.3, -0.25) is 9.69 Å². The van der Waals surface area contributed by atoms with Gasteiger partial charge in [0.25, 0.3) is 5.91 Å². The Balaban J connectivity index is 1.94. The van der Waals surface area contributed by atoms with E-state index in [1.54, 1.807) is 41.5 Å². The van der Waals surface area contributed by atoms with Crippen molar-refractivity contribution < 1.29 is 19.1 Å². The quantitative estimate of drug-likeness (QED) is 0.858. The fourth-order valence-corrected chi connectivity index (χ4v) is 3.23. The second-order valence-electron chi connectivity index (χ2n) is 4.93. The normalized spacial score (nSPS) is 17.9. The van der Waals surface area contributed by atoms with Gasteiger partial charge in [0.2, 0.25) is 0 Å². The zero-order valence-corrected chi connectivity index (χ0v) is 13.6. The van der Waals surface area contributed by atoms with Crippen LogP contribution in [-0.2, 0) is 4.79 Å². The molecule has 0 bridgehead atoms.